The Kier molecular flexibility index (Phi) is 5.50. The molecule has 3 rings (SSSR count). The summed E-state index contributed by atoms with van der Waals surface area (Å²) in [6.45, 7) is 0. The van der Waals surface area contributed by atoms with E-state index in [1.54, 1.807) is 0 Å². The Morgan fingerprint density at radius 2 is 1.76 bits per heavy atom. The summed E-state index contributed by atoms with van der Waals surface area (Å²) in [5, 5.41) is 3.58. The number of aromatic nitrogens is 4. The van der Waals surface area contributed by atoms with E-state index in [0.717, 1.165) is 17.1 Å². The summed E-state index contributed by atoms with van der Waals surface area (Å²) in [5.74, 6) is -1.60. The predicted octanol–water partition coefficient (Wildman–Crippen LogP) is 4.07. The van der Waals surface area contributed by atoms with Crippen molar-refractivity contribution in [1.29, 1.82) is 0 Å². The SMILES string of the molecule is COc1c(Cl)cc(-c2nc(C(F)(F)F)nn2-c2ccc(S(C)(=O)=O)cn2)cc1Cl. The topological polar surface area (TPSA) is 87.0 Å². The van der Waals surface area contributed by atoms with Crippen LogP contribution < -0.4 is 4.74 Å². The zero-order valence-corrected chi connectivity index (χ0v) is 17.0. The number of pyridine rings is 1. The minimum Gasteiger partial charge on any atom is -0.494 e. The summed E-state index contributed by atoms with van der Waals surface area (Å²) in [5.41, 5.74) is 0.123. The lowest BCUT2D eigenvalue weighted by Gasteiger charge is -2.09. The molecule has 0 aliphatic heterocycles. The van der Waals surface area contributed by atoms with E-state index in [9.17, 15) is 21.6 Å². The molecule has 0 radical (unpaired) electrons. The van der Waals surface area contributed by atoms with Crippen LogP contribution in [-0.4, -0.2) is 41.5 Å². The lowest BCUT2D eigenvalue weighted by Crippen LogP contribution is -2.09. The van der Waals surface area contributed by atoms with Gasteiger partial charge in [-0.25, -0.2) is 18.4 Å². The number of benzene rings is 1. The Morgan fingerprint density at radius 1 is 1.14 bits per heavy atom. The van der Waals surface area contributed by atoms with Gasteiger partial charge in [0.05, 0.1) is 22.1 Å². The van der Waals surface area contributed by atoms with Crippen molar-refractivity contribution in [3.05, 3.63) is 46.3 Å². The zero-order valence-electron chi connectivity index (χ0n) is 14.7. The Balaban J connectivity index is 2.22. The van der Waals surface area contributed by atoms with Crippen LogP contribution in [0.5, 0.6) is 5.75 Å². The lowest BCUT2D eigenvalue weighted by atomic mass is 10.2. The van der Waals surface area contributed by atoms with Gasteiger partial charge in [-0.1, -0.05) is 23.2 Å². The van der Waals surface area contributed by atoms with E-state index in [4.69, 9.17) is 27.9 Å². The highest BCUT2D eigenvalue weighted by Gasteiger charge is 2.37. The molecule has 0 spiro atoms. The van der Waals surface area contributed by atoms with Crippen molar-refractivity contribution in [3.63, 3.8) is 0 Å². The first-order valence-electron chi connectivity index (χ1n) is 7.66. The third-order valence-electron chi connectivity index (χ3n) is 3.69. The third-order valence-corrected chi connectivity index (χ3v) is 5.35. The molecular weight excluding hydrogens is 456 g/mol. The normalized spacial score (nSPS) is 12.2. The maximum atomic E-state index is 13.2. The van der Waals surface area contributed by atoms with E-state index in [0.29, 0.717) is 0 Å². The highest BCUT2D eigenvalue weighted by Crippen LogP contribution is 2.38. The minimum absolute atomic E-state index is 0.0542. The molecule has 0 aliphatic rings. The molecule has 0 aliphatic carbocycles. The Labute approximate surface area is 173 Å². The van der Waals surface area contributed by atoms with Crippen LogP contribution in [0, 0.1) is 0 Å². The molecule has 7 nitrogen and oxygen atoms in total. The van der Waals surface area contributed by atoms with Gasteiger partial charge in [-0.15, -0.1) is 5.10 Å². The Bertz CT molecular complexity index is 1160. The van der Waals surface area contributed by atoms with Crippen LogP contribution in [0.2, 0.25) is 10.0 Å². The van der Waals surface area contributed by atoms with Crippen LogP contribution in [0.3, 0.4) is 0 Å². The average Bonchev–Trinajstić information content (AvgIpc) is 3.06. The molecule has 2 heterocycles. The van der Waals surface area contributed by atoms with E-state index in [1.807, 2.05) is 0 Å². The summed E-state index contributed by atoms with van der Waals surface area (Å²) in [6, 6.07) is 5.04. The van der Waals surface area contributed by atoms with Crippen molar-refractivity contribution < 1.29 is 26.3 Å². The molecule has 2 aromatic heterocycles. The van der Waals surface area contributed by atoms with Gasteiger partial charge in [0.2, 0.25) is 0 Å². The molecule has 0 fully saturated rings. The van der Waals surface area contributed by atoms with Gasteiger partial charge >= 0.3 is 6.18 Å². The van der Waals surface area contributed by atoms with Crippen LogP contribution in [0.1, 0.15) is 5.82 Å². The molecule has 154 valence electrons. The standard InChI is InChI=1S/C16H11Cl2F3N4O3S/c1-28-13-10(17)5-8(6-11(13)18)14-23-15(16(19,20)21)24-25(14)12-4-3-9(7-22-12)29(2,26)27/h3-7H,1-2H3. The van der Waals surface area contributed by atoms with Crippen molar-refractivity contribution in [2.45, 2.75) is 11.1 Å². The first-order valence-corrected chi connectivity index (χ1v) is 10.3. The number of nitrogens with zero attached hydrogens (tertiary/aromatic N) is 4. The fourth-order valence-corrected chi connectivity index (χ4v) is 3.58. The second-order valence-corrected chi connectivity index (χ2v) is 8.60. The highest BCUT2D eigenvalue weighted by molar-refractivity contribution is 7.90. The second kappa shape index (κ2) is 7.47. The minimum atomic E-state index is -4.83. The Morgan fingerprint density at radius 3 is 2.21 bits per heavy atom. The van der Waals surface area contributed by atoms with Gasteiger partial charge in [0.1, 0.15) is 0 Å². The lowest BCUT2D eigenvalue weighted by molar-refractivity contribution is -0.144. The molecule has 0 atom stereocenters. The van der Waals surface area contributed by atoms with Gasteiger partial charge in [0.25, 0.3) is 5.82 Å². The van der Waals surface area contributed by atoms with Gasteiger partial charge < -0.3 is 4.74 Å². The molecule has 0 saturated heterocycles. The number of halogens is 5. The fourth-order valence-electron chi connectivity index (χ4n) is 2.38. The summed E-state index contributed by atoms with van der Waals surface area (Å²) < 4.78 is 68.6. The largest absolute Gasteiger partial charge is 0.494 e. The molecule has 1 aromatic carbocycles. The van der Waals surface area contributed by atoms with Gasteiger partial charge in [-0.3, -0.25) is 0 Å². The van der Waals surface area contributed by atoms with Crippen molar-refractivity contribution >= 4 is 33.0 Å². The number of methoxy groups -OCH3 is 1. The number of hydrogen-bond acceptors (Lipinski definition) is 6. The smallest absolute Gasteiger partial charge is 0.453 e. The van der Waals surface area contributed by atoms with Crippen LogP contribution in [-0.2, 0) is 16.0 Å². The molecule has 0 amide bonds. The first kappa shape index (κ1) is 21.3. The third kappa shape index (κ3) is 4.31. The summed E-state index contributed by atoms with van der Waals surface area (Å²) in [4.78, 5) is 7.34. The molecule has 29 heavy (non-hydrogen) atoms. The molecule has 0 unspecified atom stereocenters. The van der Waals surface area contributed by atoms with E-state index in [1.165, 1.54) is 31.4 Å². The van der Waals surface area contributed by atoms with E-state index in [2.05, 4.69) is 15.1 Å². The van der Waals surface area contributed by atoms with Gasteiger partial charge in [-0.05, 0) is 24.3 Å². The van der Waals surface area contributed by atoms with Gasteiger partial charge in [0, 0.05) is 18.0 Å². The first-order chi connectivity index (χ1) is 13.4. The molecule has 3 aromatic rings. The quantitative estimate of drug-likeness (QED) is 0.575. The summed E-state index contributed by atoms with van der Waals surface area (Å²) in [7, 11) is -2.20. The van der Waals surface area contributed by atoms with Crippen LogP contribution in [0.25, 0.3) is 17.2 Å². The van der Waals surface area contributed by atoms with E-state index in [-0.39, 0.29) is 37.9 Å². The van der Waals surface area contributed by atoms with E-state index < -0.39 is 21.8 Å². The Hall–Kier alpha value is -2.37. The van der Waals surface area contributed by atoms with Crippen molar-refractivity contribution in [2.24, 2.45) is 0 Å². The monoisotopic (exact) mass is 466 g/mol. The second-order valence-electron chi connectivity index (χ2n) is 5.77. The number of hydrogen-bond donors (Lipinski definition) is 0. The zero-order chi connectivity index (χ0) is 21.6. The predicted molar refractivity (Wildman–Crippen MR) is 99.3 cm³/mol. The van der Waals surface area contributed by atoms with Crippen molar-refractivity contribution in [3.8, 4) is 23.0 Å². The maximum Gasteiger partial charge on any atom is 0.453 e. The average molecular weight is 467 g/mol. The van der Waals surface area contributed by atoms with Crippen molar-refractivity contribution in [1.82, 2.24) is 19.7 Å². The van der Waals surface area contributed by atoms with Crippen LogP contribution in [0.4, 0.5) is 13.2 Å². The molecule has 0 bridgehead atoms. The summed E-state index contributed by atoms with van der Waals surface area (Å²) in [6.07, 6.45) is -2.84. The van der Waals surface area contributed by atoms with Crippen molar-refractivity contribution in [2.75, 3.05) is 13.4 Å². The fraction of sp³-hybridized carbons (Fsp3) is 0.188. The molecular formula is C16H11Cl2F3N4O3S. The number of alkyl halides is 3. The molecule has 13 heteroatoms. The van der Waals surface area contributed by atoms with Gasteiger partial charge in [0.15, 0.2) is 27.2 Å². The van der Waals surface area contributed by atoms with Crippen LogP contribution >= 0.6 is 23.2 Å². The number of sulfone groups is 1. The maximum absolute atomic E-state index is 13.2. The molecule has 0 saturated carbocycles. The van der Waals surface area contributed by atoms with E-state index >= 15 is 0 Å². The van der Waals surface area contributed by atoms with Gasteiger partial charge in [-0.2, -0.15) is 17.9 Å². The highest BCUT2D eigenvalue weighted by atomic mass is 35.5. The van der Waals surface area contributed by atoms with Crippen LogP contribution in [0.15, 0.2) is 35.4 Å². The number of ether oxygens (including phenoxy) is 1. The molecule has 0 N–H and O–H groups in total. The number of rotatable bonds is 4. The summed E-state index contributed by atoms with van der Waals surface area (Å²) >= 11 is 12.2.